The van der Waals surface area contributed by atoms with Crippen molar-refractivity contribution in [2.45, 2.75) is 48.7 Å². The molecular formula is C21H28O13. The Kier molecular flexibility index (Phi) is 8.46. The summed E-state index contributed by atoms with van der Waals surface area (Å²) in [5, 5.41) is 69.0. The van der Waals surface area contributed by atoms with Crippen molar-refractivity contribution in [1.29, 1.82) is 0 Å². The zero-order valence-electron chi connectivity index (χ0n) is 18.1. The van der Waals surface area contributed by atoms with Crippen LogP contribution >= 0.6 is 0 Å². The third-order valence-electron chi connectivity index (χ3n) is 5.54. The van der Waals surface area contributed by atoms with E-state index >= 15 is 0 Å². The topological polar surface area (TPSA) is 205 Å². The fraction of sp³-hybridized carbons (Fsp3) is 0.571. The Balaban J connectivity index is 1.85. The minimum Gasteiger partial charge on any atom is -0.493 e. The predicted octanol–water partition coefficient (Wildman–Crippen LogP) is -2.56. The van der Waals surface area contributed by atoms with Crippen molar-refractivity contribution >= 4 is 12.0 Å². The molecule has 2 fully saturated rings. The minimum absolute atomic E-state index is 0.0913. The van der Waals surface area contributed by atoms with Gasteiger partial charge >= 0.3 is 5.97 Å². The number of benzene rings is 1. The molecule has 0 bridgehead atoms. The summed E-state index contributed by atoms with van der Waals surface area (Å²) in [4.78, 5) is 10.7. The van der Waals surface area contributed by atoms with Gasteiger partial charge in [-0.2, -0.15) is 0 Å². The summed E-state index contributed by atoms with van der Waals surface area (Å²) in [5.41, 5.74) is -1.51. The Hall–Kier alpha value is -2.33. The average Bonchev–Trinajstić information content (AvgIpc) is 3.11. The number of carboxylic acids is 1. The second-order valence-electron chi connectivity index (χ2n) is 7.89. The van der Waals surface area contributed by atoms with E-state index in [1.165, 1.54) is 31.4 Å². The summed E-state index contributed by atoms with van der Waals surface area (Å²) in [5.74, 6) is -0.877. The third-order valence-corrected chi connectivity index (χ3v) is 5.54. The van der Waals surface area contributed by atoms with Crippen LogP contribution in [0.1, 0.15) is 5.56 Å². The van der Waals surface area contributed by atoms with E-state index in [0.717, 1.165) is 6.08 Å². The van der Waals surface area contributed by atoms with Gasteiger partial charge in [-0.25, -0.2) is 4.79 Å². The molecule has 8 unspecified atom stereocenters. The van der Waals surface area contributed by atoms with E-state index < -0.39 is 74.5 Å². The molecule has 0 spiro atoms. The molecule has 0 saturated carbocycles. The summed E-state index contributed by atoms with van der Waals surface area (Å²) >= 11 is 0. The van der Waals surface area contributed by atoms with E-state index in [1.54, 1.807) is 0 Å². The highest BCUT2D eigenvalue weighted by molar-refractivity contribution is 5.85. The van der Waals surface area contributed by atoms with Crippen molar-refractivity contribution in [3.63, 3.8) is 0 Å². The maximum absolute atomic E-state index is 10.7. The minimum atomic E-state index is -1.99. The van der Waals surface area contributed by atoms with Gasteiger partial charge in [-0.3, -0.25) is 0 Å². The summed E-state index contributed by atoms with van der Waals surface area (Å²) in [6.45, 7) is -1.92. The number of carbonyl (C=O) groups is 1. The highest BCUT2D eigenvalue weighted by atomic mass is 16.8. The van der Waals surface area contributed by atoms with Crippen LogP contribution in [-0.4, -0.2) is 117 Å². The molecule has 0 radical (unpaired) electrons. The van der Waals surface area contributed by atoms with Gasteiger partial charge in [0.2, 0.25) is 6.29 Å². The lowest BCUT2D eigenvalue weighted by Crippen LogP contribution is -2.62. The van der Waals surface area contributed by atoms with Gasteiger partial charge in [0.05, 0.1) is 26.9 Å². The van der Waals surface area contributed by atoms with Crippen molar-refractivity contribution in [2.75, 3.05) is 26.9 Å². The van der Waals surface area contributed by atoms with E-state index in [2.05, 4.69) is 0 Å². The lowest BCUT2D eigenvalue weighted by Gasteiger charge is -2.42. The molecule has 34 heavy (non-hydrogen) atoms. The first-order chi connectivity index (χ1) is 16.1. The molecule has 0 aromatic heterocycles. The van der Waals surface area contributed by atoms with Crippen molar-refractivity contribution in [1.82, 2.24) is 0 Å². The number of hydrogen-bond acceptors (Lipinski definition) is 12. The van der Waals surface area contributed by atoms with Crippen LogP contribution in [-0.2, 0) is 19.0 Å². The first-order valence-corrected chi connectivity index (χ1v) is 10.3. The van der Waals surface area contributed by atoms with E-state index in [0.29, 0.717) is 5.56 Å². The Morgan fingerprint density at radius 1 is 1.18 bits per heavy atom. The van der Waals surface area contributed by atoms with Crippen molar-refractivity contribution < 1.29 is 64.2 Å². The zero-order chi connectivity index (χ0) is 25.0. The molecule has 8 atom stereocenters. The van der Waals surface area contributed by atoms with Crippen LogP contribution in [0.5, 0.6) is 11.5 Å². The van der Waals surface area contributed by atoms with Gasteiger partial charge in [0, 0.05) is 6.08 Å². The van der Waals surface area contributed by atoms with Gasteiger partial charge in [-0.1, -0.05) is 6.07 Å². The highest BCUT2D eigenvalue weighted by Gasteiger charge is 2.53. The first-order valence-electron chi connectivity index (χ1n) is 10.3. The van der Waals surface area contributed by atoms with Gasteiger partial charge < -0.3 is 59.4 Å². The summed E-state index contributed by atoms with van der Waals surface area (Å²) in [7, 11) is 1.34. The maximum atomic E-state index is 10.7. The van der Waals surface area contributed by atoms with E-state index in [-0.39, 0.29) is 11.5 Å². The number of aliphatic carboxylic acids is 1. The van der Waals surface area contributed by atoms with Crippen LogP contribution in [0.3, 0.4) is 0 Å². The smallest absolute Gasteiger partial charge is 0.328 e. The molecule has 7 N–H and O–H groups in total. The zero-order valence-corrected chi connectivity index (χ0v) is 18.1. The summed E-state index contributed by atoms with van der Waals surface area (Å²) in [6, 6.07) is 4.45. The molecule has 2 saturated heterocycles. The van der Waals surface area contributed by atoms with E-state index in [9.17, 15) is 35.4 Å². The molecule has 0 aliphatic carbocycles. The number of rotatable bonds is 9. The van der Waals surface area contributed by atoms with E-state index in [1.807, 2.05) is 0 Å². The number of methoxy groups -OCH3 is 1. The SMILES string of the molecule is COc1cc(C=CC(=O)O)ccc1OC1OC(CO)C(O)C(O)C1OC1OCC(O)(CO)C1O. The Morgan fingerprint density at radius 2 is 1.91 bits per heavy atom. The first kappa shape index (κ1) is 26.3. The van der Waals surface area contributed by atoms with Gasteiger partial charge in [0.1, 0.15) is 30.0 Å². The van der Waals surface area contributed by atoms with E-state index in [4.69, 9.17) is 28.8 Å². The van der Waals surface area contributed by atoms with Crippen LogP contribution in [0.2, 0.25) is 0 Å². The second-order valence-corrected chi connectivity index (χ2v) is 7.89. The predicted molar refractivity (Wildman–Crippen MR) is 111 cm³/mol. The Bertz CT molecular complexity index is 876. The molecule has 3 rings (SSSR count). The molecule has 2 aliphatic rings. The van der Waals surface area contributed by atoms with Crippen LogP contribution < -0.4 is 9.47 Å². The fourth-order valence-corrected chi connectivity index (χ4v) is 3.54. The van der Waals surface area contributed by atoms with Crippen LogP contribution in [0.15, 0.2) is 24.3 Å². The average molecular weight is 488 g/mol. The molecule has 1 aromatic rings. The Morgan fingerprint density at radius 3 is 2.50 bits per heavy atom. The highest BCUT2D eigenvalue weighted by Crippen LogP contribution is 2.35. The van der Waals surface area contributed by atoms with Gasteiger partial charge in [0.25, 0.3) is 0 Å². The fourth-order valence-electron chi connectivity index (χ4n) is 3.54. The normalized spacial score (nSPS) is 36.0. The van der Waals surface area contributed by atoms with Crippen molar-refractivity contribution in [3.05, 3.63) is 29.8 Å². The molecular weight excluding hydrogens is 460 g/mol. The third kappa shape index (κ3) is 5.49. The molecule has 2 heterocycles. The number of carboxylic acid groups (broad SMARTS) is 1. The van der Waals surface area contributed by atoms with Gasteiger partial charge in [-0.15, -0.1) is 0 Å². The molecule has 13 heteroatoms. The molecule has 2 aliphatic heterocycles. The van der Waals surface area contributed by atoms with Crippen molar-refractivity contribution in [3.8, 4) is 11.5 Å². The number of aliphatic hydroxyl groups excluding tert-OH is 5. The molecule has 13 nitrogen and oxygen atoms in total. The van der Waals surface area contributed by atoms with Crippen LogP contribution in [0, 0.1) is 0 Å². The lowest BCUT2D eigenvalue weighted by atomic mass is 9.98. The van der Waals surface area contributed by atoms with Crippen molar-refractivity contribution in [2.24, 2.45) is 0 Å². The quantitative estimate of drug-likeness (QED) is 0.179. The largest absolute Gasteiger partial charge is 0.493 e. The maximum Gasteiger partial charge on any atom is 0.328 e. The van der Waals surface area contributed by atoms with Gasteiger partial charge in [-0.05, 0) is 23.8 Å². The Labute approximate surface area is 193 Å². The number of ether oxygens (including phenoxy) is 5. The number of hydrogen-bond donors (Lipinski definition) is 7. The van der Waals surface area contributed by atoms with Crippen LogP contribution in [0.25, 0.3) is 6.08 Å². The molecule has 0 amide bonds. The lowest BCUT2D eigenvalue weighted by molar-refractivity contribution is -0.319. The second kappa shape index (κ2) is 10.9. The van der Waals surface area contributed by atoms with Crippen LogP contribution in [0.4, 0.5) is 0 Å². The summed E-state index contributed by atoms with van der Waals surface area (Å²) < 4.78 is 27.4. The monoisotopic (exact) mass is 488 g/mol. The standard InChI is InChI=1S/C21H28O13/c1-30-12-6-10(3-5-14(24)25)2-4-11(12)32-19-17(16(27)15(26)13(7-22)33-19)34-20-18(28)21(29,8-23)9-31-20/h2-6,13,15-20,22-23,26-29H,7-9H2,1H3,(H,24,25). The number of aliphatic hydroxyl groups is 6. The van der Waals surface area contributed by atoms with Gasteiger partial charge in [0.15, 0.2) is 23.9 Å². The molecule has 190 valence electrons. The summed E-state index contributed by atoms with van der Waals surface area (Å²) in [6.07, 6.45) is -8.35. The molecule has 1 aromatic carbocycles.